The number of hydrogen-bond donors (Lipinski definition) is 2. The lowest BCUT2D eigenvalue weighted by molar-refractivity contribution is -0.0494. The van der Waals surface area contributed by atoms with Crippen molar-refractivity contribution in [3.05, 3.63) is 36.3 Å². The van der Waals surface area contributed by atoms with Crippen molar-refractivity contribution >= 4 is 0 Å². The van der Waals surface area contributed by atoms with Gasteiger partial charge >= 0.3 is 6.61 Å². The maximum atomic E-state index is 12.4. The first-order valence-corrected chi connectivity index (χ1v) is 6.94. The number of hydrogen-bond acceptors (Lipinski definition) is 3. The summed E-state index contributed by atoms with van der Waals surface area (Å²) in [7, 11) is 0. The molecule has 1 unspecified atom stereocenters. The van der Waals surface area contributed by atoms with Crippen LogP contribution in [0.2, 0.25) is 0 Å². The van der Waals surface area contributed by atoms with E-state index < -0.39 is 6.61 Å². The first-order valence-electron chi connectivity index (χ1n) is 6.94. The largest absolute Gasteiger partial charge is 0.434 e. The molecule has 1 heterocycles. The van der Waals surface area contributed by atoms with Crippen LogP contribution in [0.25, 0.3) is 11.3 Å². The fourth-order valence-corrected chi connectivity index (χ4v) is 2.28. The highest BCUT2D eigenvalue weighted by molar-refractivity contribution is 5.66. The Balaban J connectivity index is 2.29. The molecule has 0 aliphatic heterocycles. The number of H-pyrrole nitrogens is 1. The topological polar surface area (TPSA) is 63.9 Å². The van der Waals surface area contributed by atoms with Crippen LogP contribution >= 0.6 is 0 Å². The smallest absolute Gasteiger partial charge is 0.387 e. The minimum absolute atomic E-state index is 0.127. The molecular weight excluding hydrogens is 276 g/mol. The average molecular weight is 295 g/mol. The summed E-state index contributed by atoms with van der Waals surface area (Å²) < 4.78 is 29.4. The van der Waals surface area contributed by atoms with E-state index in [4.69, 9.17) is 5.73 Å². The normalized spacial score (nSPS) is 12.6. The maximum Gasteiger partial charge on any atom is 0.387 e. The first kappa shape index (κ1) is 15.4. The van der Waals surface area contributed by atoms with Gasteiger partial charge in [-0.3, -0.25) is 0 Å². The van der Waals surface area contributed by atoms with Crippen LogP contribution in [0.1, 0.15) is 31.5 Å². The molecule has 0 spiro atoms. The molecule has 0 saturated heterocycles. The second-order valence-corrected chi connectivity index (χ2v) is 4.78. The van der Waals surface area contributed by atoms with Crippen LogP contribution in [0.5, 0.6) is 5.75 Å². The second kappa shape index (κ2) is 7.17. The molecule has 0 aliphatic carbocycles. The van der Waals surface area contributed by atoms with Crippen molar-refractivity contribution in [1.82, 2.24) is 9.97 Å². The van der Waals surface area contributed by atoms with Gasteiger partial charge in [-0.2, -0.15) is 8.78 Å². The number of nitrogens with one attached hydrogen (secondary N) is 1. The Labute approximate surface area is 122 Å². The SMILES string of the molecule is CCCC(CN)c1ncc(-c2ccccc2OC(F)F)[nH]1. The Hall–Kier alpha value is -1.95. The molecule has 0 radical (unpaired) electrons. The van der Waals surface area contributed by atoms with Crippen LogP contribution in [-0.4, -0.2) is 23.1 Å². The van der Waals surface area contributed by atoms with E-state index in [1.807, 2.05) is 0 Å². The van der Waals surface area contributed by atoms with Gasteiger partial charge in [-0.25, -0.2) is 4.98 Å². The Morgan fingerprint density at radius 3 is 2.76 bits per heavy atom. The molecule has 1 atom stereocenters. The summed E-state index contributed by atoms with van der Waals surface area (Å²) in [6, 6.07) is 6.64. The van der Waals surface area contributed by atoms with Crippen molar-refractivity contribution in [2.24, 2.45) is 5.73 Å². The van der Waals surface area contributed by atoms with Crippen molar-refractivity contribution in [2.45, 2.75) is 32.3 Å². The molecule has 114 valence electrons. The van der Waals surface area contributed by atoms with Crippen molar-refractivity contribution in [3.8, 4) is 17.0 Å². The molecule has 0 saturated carbocycles. The lowest BCUT2D eigenvalue weighted by atomic mass is 10.0. The van der Waals surface area contributed by atoms with Gasteiger partial charge in [0.1, 0.15) is 11.6 Å². The van der Waals surface area contributed by atoms with Crippen LogP contribution in [0.3, 0.4) is 0 Å². The number of benzene rings is 1. The lowest BCUT2D eigenvalue weighted by Crippen LogP contribution is -2.13. The van der Waals surface area contributed by atoms with Gasteiger partial charge in [0.05, 0.1) is 11.9 Å². The molecule has 3 N–H and O–H groups in total. The van der Waals surface area contributed by atoms with Gasteiger partial charge in [0.25, 0.3) is 0 Å². The summed E-state index contributed by atoms with van der Waals surface area (Å²) in [5.74, 6) is 1.05. The van der Waals surface area contributed by atoms with Crippen molar-refractivity contribution < 1.29 is 13.5 Å². The fraction of sp³-hybridized carbons (Fsp3) is 0.400. The van der Waals surface area contributed by atoms with Crippen LogP contribution in [0, 0.1) is 0 Å². The Morgan fingerprint density at radius 1 is 1.33 bits per heavy atom. The molecule has 0 amide bonds. The lowest BCUT2D eigenvalue weighted by Gasteiger charge is -2.11. The Morgan fingerprint density at radius 2 is 2.10 bits per heavy atom. The molecular formula is C15H19F2N3O. The molecule has 2 rings (SSSR count). The highest BCUT2D eigenvalue weighted by Gasteiger charge is 2.16. The fourth-order valence-electron chi connectivity index (χ4n) is 2.28. The van der Waals surface area contributed by atoms with Crippen LogP contribution < -0.4 is 10.5 Å². The summed E-state index contributed by atoms with van der Waals surface area (Å²) in [5, 5.41) is 0. The predicted octanol–water partition coefficient (Wildman–Crippen LogP) is 3.52. The van der Waals surface area contributed by atoms with Gasteiger partial charge in [-0.15, -0.1) is 0 Å². The number of ether oxygens (including phenoxy) is 1. The highest BCUT2D eigenvalue weighted by atomic mass is 19.3. The van der Waals surface area contributed by atoms with Crippen LogP contribution in [0.15, 0.2) is 30.5 Å². The number of halogens is 2. The van der Waals surface area contributed by atoms with E-state index >= 15 is 0 Å². The van der Waals surface area contributed by atoms with E-state index in [0.717, 1.165) is 18.7 Å². The molecule has 21 heavy (non-hydrogen) atoms. The zero-order valence-electron chi connectivity index (χ0n) is 11.9. The molecule has 1 aromatic carbocycles. The first-order chi connectivity index (χ1) is 10.2. The molecule has 2 aromatic rings. The monoisotopic (exact) mass is 295 g/mol. The van der Waals surface area contributed by atoms with Crippen molar-refractivity contribution in [2.75, 3.05) is 6.54 Å². The standard InChI is InChI=1S/C15H19F2N3O/c1-2-5-10(8-18)14-19-9-12(20-14)11-6-3-4-7-13(11)21-15(16)17/h3-4,6-7,9-10,15H,2,5,8,18H2,1H3,(H,19,20). The minimum Gasteiger partial charge on any atom is -0.434 e. The summed E-state index contributed by atoms with van der Waals surface area (Å²) in [4.78, 5) is 7.49. The third-order valence-electron chi connectivity index (χ3n) is 3.30. The van der Waals surface area contributed by atoms with Crippen LogP contribution in [-0.2, 0) is 0 Å². The van der Waals surface area contributed by atoms with Gasteiger partial charge in [0.15, 0.2) is 0 Å². The molecule has 0 fully saturated rings. The third-order valence-corrected chi connectivity index (χ3v) is 3.30. The van der Waals surface area contributed by atoms with Crippen LogP contribution in [0.4, 0.5) is 8.78 Å². The van der Waals surface area contributed by atoms with E-state index in [1.165, 1.54) is 6.07 Å². The summed E-state index contributed by atoms with van der Waals surface area (Å²) in [6.45, 7) is -0.278. The predicted molar refractivity (Wildman–Crippen MR) is 77.4 cm³/mol. The number of aromatic nitrogens is 2. The van der Waals surface area contributed by atoms with E-state index in [9.17, 15) is 8.78 Å². The number of imidazole rings is 1. The number of nitrogens with zero attached hydrogens (tertiary/aromatic N) is 1. The van der Waals surface area contributed by atoms with Gasteiger partial charge in [-0.05, 0) is 18.6 Å². The maximum absolute atomic E-state index is 12.4. The van der Waals surface area contributed by atoms with Crippen molar-refractivity contribution in [3.63, 3.8) is 0 Å². The number of nitrogens with two attached hydrogens (primary N) is 1. The van der Waals surface area contributed by atoms with E-state index in [1.54, 1.807) is 24.4 Å². The minimum atomic E-state index is -2.86. The second-order valence-electron chi connectivity index (χ2n) is 4.78. The van der Waals surface area contributed by atoms with E-state index in [0.29, 0.717) is 17.8 Å². The summed E-state index contributed by atoms with van der Waals surface area (Å²) in [6.07, 6.45) is 3.56. The van der Waals surface area contributed by atoms with E-state index in [-0.39, 0.29) is 11.7 Å². The third kappa shape index (κ3) is 3.78. The highest BCUT2D eigenvalue weighted by Crippen LogP contribution is 2.30. The van der Waals surface area contributed by atoms with Gasteiger partial charge in [0.2, 0.25) is 0 Å². The average Bonchev–Trinajstić information content (AvgIpc) is 2.94. The molecule has 1 aromatic heterocycles. The Kier molecular flexibility index (Phi) is 5.27. The number of aromatic amines is 1. The number of alkyl halides is 2. The van der Waals surface area contributed by atoms with Gasteiger partial charge < -0.3 is 15.5 Å². The zero-order valence-corrected chi connectivity index (χ0v) is 11.9. The molecule has 0 bridgehead atoms. The number of rotatable bonds is 7. The summed E-state index contributed by atoms with van der Waals surface area (Å²) >= 11 is 0. The van der Waals surface area contributed by atoms with Crippen molar-refractivity contribution in [1.29, 1.82) is 0 Å². The van der Waals surface area contributed by atoms with Gasteiger partial charge in [-0.1, -0.05) is 25.5 Å². The van der Waals surface area contributed by atoms with Gasteiger partial charge in [0, 0.05) is 18.0 Å². The molecule has 0 aliphatic rings. The summed E-state index contributed by atoms with van der Waals surface area (Å²) in [5.41, 5.74) is 6.96. The molecule has 6 heteroatoms. The Bertz CT molecular complexity index is 572. The number of para-hydroxylation sites is 1. The quantitative estimate of drug-likeness (QED) is 0.821. The zero-order chi connectivity index (χ0) is 15.2. The van der Waals surface area contributed by atoms with E-state index in [2.05, 4.69) is 21.6 Å². The molecule has 4 nitrogen and oxygen atoms in total.